The molecule has 1 fully saturated rings. The normalized spacial score (nSPS) is 21.5. The van der Waals surface area contributed by atoms with E-state index in [0.717, 1.165) is 33.9 Å². The van der Waals surface area contributed by atoms with Crippen molar-refractivity contribution in [3.8, 4) is 5.75 Å². The molecule has 2 aromatic rings. The van der Waals surface area contributed by atoms with E-state index in [2.05, 4.69) is 38.0 Å². The number of hydrogen-bond donors (Lipinski definition) is 2. The van der Waals surface area contributed by atoms with Gasteiger partial charge in [-0.25, -0.2) is 4.98 Å². The van der Waals surface area contributed by atoms with Crippen LogP contribution >= 0.6 is 11.3 Å². The minimum absolute atomic E-state index is 0.265. The molecule has 1 aromatic heterocycles. The van der Waals surface area contributed by atoms with Crippen molar-refractivity contribution < 1.29 is 9.94 Å². The zero-order valence-corrected chi connectivity index (χ0v) is 15.2. The Morgan fingerprint density at radius 2 is 1.91 bits per heavy atom. The van der Waals surface area contributed by atoms with Crippen LogP contribution in [0.15, 0.2) is 18.2 Å². The Kier molecular flexibility index (Phi) is 4.02. The molecule has 2 N–H and O–H groups in total. The van der Waals surface area contributed by atoms with Crippen LogP contribution in [0.2, 0.25) is 0 Å². The number of hydroxylamine groups is 2. The summed E-state index contributed by atoms with van der Waals surface area (Å²) in [6, 6.07) is 6.22. The van der Waals surface area contributed by atoms with Crippen LogP contribution < -0.4 is 10.1 Å². The SMILES string of the molecule is COc1ccc2nc(NC3CC(C)(C)N(O)C(C)(C)C3)sc2c1. The molecule has 5 nitrogen and oxygen atoms in total. The smallest absolute Gasteiger partial charge is 0.184 e. The van der Waals surface area contributed by atoms with E-state index in [4.69, 9.17) is 4.74 Å². The van der Waals surface area contributed by atoms with Crippen LogP contribution in [-0.2, 0) is 0 Å². The first-order chi connectivity index (χ1) is 10.7. The predicted molar refractivity (Wildman–Crippen MR) is 94.6 cm³/mol. The quantitative estimate of drug-likeness (QED) is 0.883. The molecular weight excluding hydrogens is 310 g/mol. The monoisotopic (exact) mass is 335 g/mol. The Hall–Kier alpha value is -1.37. The van der Waals surface area contributed by atoms with Crippen LogP contribution in [0.4, 0.5) is 5.13 Å². The van der Waals surface area contributed by atoms with Crippen molar-refractivity contribution in [2.45, 2.75) is 57.7 Å². The molecule has 3 rings (SSSR count). The molecule has 2 heterocycles. The summed E-state index contributed by atoms with van der Waals surface area (Å²) in [6.07, 6.45) is 1.73. The Morgan fingerprint density at radius 1 is 1.26 bits per heavy atom. The summed E-state index contributed by atoms with van der Waals surface area (Å²) >= 11 is 1.64. The molecule has 23 heavy (non-hydrogen) atoms. The van der Waals surface area contributed by atoms with Gasteiger partial charge in [0.2, 0.25) is 0 Å². The van der Waals surface area contributed by atoms with Gasteiger partial charge in [0.05, 0.1) is 17.3 Å². The zero-order chi connectivity index (χ0) is 16.8. The van der Waals surface area contributed by atoms with Crippen molar-refractivity contribution in [2.75, 3.05) is 12.4 Å². The molecule has 0 atom stereocenters. The second-order valence-electron chi connectivity index (χ2n) is 7.54. The van der Waals surface area contributed by atoms with Crippen LogP contribution in [0.5, 0.6) is 5.75 Å². The number of thiazole rings is 1. The topological polar surface area (TPSA) is 57.6 Å². The molecule has 6 heteroatoms. The number of hydrogen-bond acceptors (Lipinski definition) is 6. The Labute approximate surface area is 141 Å². The maximum Gasteiger partial charge on any atom is 0.184 e. The molecule has 1 aromatic carbocycles. The van der Waals surface area contributed by atoms with Crippen molar-refractivity contribution in [3.05, 3.63) is 18.2 Å². The van der Waals surface area contributed by atoms with Gasteiger partial charge in [-0.15, -0.1) is 0 Å². The molecule has 0 radical (unpaired) electrons. The lowest BCUT2D eigenvalue weighted by Crippen LogP contribution is -2.61. The van der Waals surface area contributed by atoms with Gasteiger partial charge in [0, 0.05) is 17.1 Å². The molecule has 0 amide bonds. The van der Waals surface area contributed by atoms with Gasteiger partial charge in [-0.3, -0.25) is 0 Å². The number of anilines is 1. The molecule has 126 valence electrons. The van der Waals surface area contributed by atoms with Gasteiger partial charge in [0.1, 0.15) is 5.75 Å². The molecule has 1 aliphatic heterocycles. The number of ether oxygens (including phenoxy) is 1. The van der Waals surface area contributed by atoms with Crippen molar-refractivity contribution in [2.24, 2.45) is 0 Å². The van der Waals surface area contributed by atoms with E-state index in [1.165, 1.54) is 5.06 Å². The summed E-state index contributed by atoms with van der Waals surface area (Å²) in [5.41, 5.74) is 0.454. The molecule has 1 aliphatic rings. The number of nitrogens with one attached hydrogen (secondary N) is 1. The largest absolute Gasteiger partial charge is 0.497 e. The van der Waals surface area contributed by atoms with Gasteiger partial charge in [-0.1, -0.05) is 11.3 Å². The highest BCUT2D eigenvalue weighted by Gasteiger charge is 2.45. The molecule has 0 spiro atoms. The fourth-order valence-electron chi connectivity index (χ4n) is 3.64. The van der Waals surface area contributed by atoms with Crippen molar-refractivity contribution in [3.63, 3.8) is 0 Å². The van der Waals surface area contributed by atoms with E-state index in [-0.39, 0.29) is 17.1 Å². The lowest BCUT2D eigenvalue weighted by atomic mass is 9.79. The Bertz CT molecular complexity index is 693. The van der Waals surface area contributed by atoms with Gasteiger partial charge in [0.15, 0.2) is 5.13 Å². The highest BCUT2D eigenvalue weighted by atomic mass is 32.1. The fourth-order valence-corrected chi connectivity index (χ4v) is 4.61. The van der Waals surface area contributed by atoms with Crippen molar-refractivity contribution >= 4 is 26.7 Å². The first-order valence-corrected chi connectivity index (χ1v) is 8.73. The van der Waals surface area contributed by atoms with Crippen LogP contribution in [-0.4, -0.2) is 39.5 Å². The molecular formula is C17H25N3O2S. The Balaban J connectivity index is 1.81. The molecule has 0 aliphatic carbocycles. The van der Waals surface area contributed by atoms with Gasteiger partial charge in [-0.05, 0) is 58.7 Å². The summed E-state index contributed by atoms with van der Waals surface area (Å²) in [7, 11) is 1.67. The van der Waals surface area contributed by atoms with E-state index in [1.54, 1.807) is 18.4 Å². The van der Waals surface area contributed by atoms with E-state index in [9.17, 15) is 5.21 Å². The third-order valence-electron chi connectivity index (χ3n) is 4.56. The second kappa shape index (κ2) is 5.61. The maximum absolute atomic E-state index is 10.4. The molecule has 0 bridgehead atoms. The third kappa shape index (κ3) is 3.16. The summed E-state index contributed by atoms with van der Waals surface area (Å²) in [4.78, 5) is 4.67. The lowest BCUT2D eigenvalue weighted by Gasteiger charge is -2.51. The van der Waals surface area contributed by atoms with Gasteiger partial charge in [-0.2, -0.15) is 5.06 Å². The van der Waals surface area contributed by atoms with Crippen LogP contribution in [0.25, 0.3) is 10.2 Å². The number of nitrogens with zero attached hydrogens (tertiary/aromatic N) is 2. The first-order valence-electron chi connectivity index (χ1n) is 7.92. The third-order valence-corrected chi connectivity index (χ3v) is 5.51. The fraction of sp³-hybridized carbons (Fsp3) is 0.588. The minimum atomic E-state index is -0.265. The van der Waals surface area contributed by atoms with E-state index in [0.29, 0.717) is 0 Å². The molecule has 0 saturated carbocycles. The standard InChI is InChI=1S/C17H25N3O2S/c1-16(2)9-11(10-17(3,4)20(16)21)18-15-19-13-7-6-12(22-5)8-14(13)23-15/h6-8,11,21H,9-10H2,1-5H3,(H,18,19). The van der Waals surface area contributed by atoms with E-state index < -0.39 is 0 Å². The summed E-state index contributed by atoms with van der Waals surface area (Å²) in [5.74, 6) is 0.851. The van der Waals surface area contributed by atoms with Gasteiger partial charge in [0.25, 0.3) is 0 Å². The van der Waals surface area contributed by atoms with Crippen LogP contribution in [0, 0.1) is 0 Å². The number of benzene rings is 1. The summed E-state index contributed by atoms with van der Waals surface area (Å²) < 4.78 is 6.39. The predicted octanol–water partition coefficient (Wildman–Crippen LogP) is 4.13. The summed E-state index contributed by atoms with van der Waals surface area (Å²) in [5, 5.41) is 16.4. The number of fused-ring (bicyclic) bond motifs is 1. The number of rotatable bonds is 3. The Morgan fingerprint density at radius 3 is 2.52 bits per heavy atom. The van der Waals surface area contributed by atoms with Crippen LogP contribution in [0.1, 0.15) is 40.5 Å². The highest BCUT2D eigenvalue weighted by Crippen LogP contribution is 2.38. The average Bonchev–Trinajstić information content (AvgIpc) is 2.85. The van der Waals surface area contributed by atoms with E-state index in [1.807, 2.05) is 18.2 Å². The van der Waals surface area contributed by atoms with Crippen molar-refractivity contribution in [1.29, 1.82) is 0 Å². The molecule has 0 unspecified atom stereocenters. The zero-order valence-electron chi connectivity index (χ0n) is 14.4. The summed E-state index contributed by atoms with van der Waals surface area (Å²) in [6.45, 7) is 8.30. The minimum Gasteiger partial charge on any atom is -0.497 e. The number of aromatic nitrogens is 1. The van der Waals surface area contributed by atoms with Gasteiger partial charge < -0.3 is 15.3 Å². The van der Waals surface area contributed by atoms with Gasteiger partial charge >= 0.3 is 0 Å². The number of piperidine rings is 1. The van der Waals surface area contributed by atoms with Crippen LogP contribution in [0.3, 0.4) is 0 Å². The van der Waals surface area contributed by atoms with Crippen molar-refractivity contribution in [1.82, 2.24) is 10.0 Å². The van der Waals surface area contributed by atoms with E-state index >= 15 is 0 Å². The molecule has 1 saturated heterocycles. The first kappa shape index (κ1) is 16.5. The lowest BCUT2D eigenvalue weighted by molar-refractivity contribution is -0.243. The number of methoxy groups -OCH3 is 1. The average molecular weight is 335 g/mol. The maximum atomic E-state index is 10.4. The second-order valence-corrected chi connectivity index (χ2v) is 8.57. The highest BCUT2D eigenvalue weighted by molar-refractivity contribution is 7.22.